The van der Waals surface area contributed by atoms with Crippen molar-refractivity contribution in [3.63, 3.8) is 0 Å². The Labute approximate surface area is 67.5 Å². The standard InChI is InChI=1S/C4H7F3N2O.ClH/c5-4(6,7)2-9-1-3(8)10;/h9H,1-2H2,(H2,8,10);1H. The van der Waals surface area contributed by atoms with Gasteiger partial charge in [0.05, 0.1) is 13.1 Å². The van der Waals surface area contributed by atoms with Gasteiger partial charge in [-0.2, -0.15) is 13.2 Å². The summed E-state index contributed by atoms with van der Waals surface area (Å²) >= 11 is 0. The lowest BCUT2D eigenvalue weighted by Gasteiger charge is -2.05. The molecule has 0 aliphatic rings. The van der Waals surface area contributed by atoms with Crippen molar-refractivity contribution in [1.29, 1.82) is 0 Å². The van der Waals surface area contributed by atoms with Crippen LogP contribution in [0.2, 0.25) is 0 Å². The highest BCUT2D eigenvalue weighted by Crippen LogP contribution is 2.11. The van der Waals surface area contributed by atoms with Crippen LogP contribution in [0.15, 0.2) is 0 Å². The minimum atomic E-state index is -4.28. The van der Waals surface area contributed by atoms with Crippen molar-refractivity contribution in [2.24, 2.45) is 5.73 Å². The molecule has 0 aromatic rings. The molecule has 0 aromatic heterocycles. The quantitative estimate of drug-likeness (QED) is 0.664. The second-order valence-corrected chi connectivity index (χ2v) is 1.69. The number of halogens is 4. The third kappa shape index (κ3) is 12.7. The van der Waals surface area contributed by atoms with Gasteiger partial charge < -0.3 is 11.1 Å². The first-order valence-electron chi connectivity index (χ1n) is 2.47. The highest BCUT2D eigenvalue weighted by atomic mass is 35.5. The Morgan fingerprint density at radius 2 is 1.91 bits per heavy atom. The summed E-state index contributed by atoms with van der Waals surface area (Å²) in [6.45, 7) is -1.63. The Kier molecular flexibility index (Phi) is 6.20. The number of hydrogen-bond donors (Lipinski definition) is 2. The molecule has 0 spiro atoms. The third-order valence-corrected chi connectivity index (χ3v) is 0.625. The minimum absolute atomic E-state index is 0. The normalized spacial score (nSPS) is 10.5. The Morgan fingerprint density at radius 3 is 2.18 bits per heavy atom. The summed E-state index contributed by atoms with van der Waals surface area (Å²) in [5, 5.41) is 1.83. The Balaban J connectivity index is 0. The predicted octanol–water partition coefficient (Wildman–Crippen LogP) is 0.0454. The van der Waals surface area contributed by atoms with Crippen LogP contribution in [-0.2, 0) is 4.79 Å². The topological polar surface area (TPSA) is 55.1 Å². The highest BCUT2D eigenvalue weighted by Gasteiger charge is 2.26. The van der Waals surface area contributed by atoms with Crippen molar-refractivity contribution in [2.45, 2.75) is 6.18 Å². The van der Waals surface area contributed by atoms with Gasteiger partial charge in [-0.05, 0) is 0 Å². The molecule has 3 N–H and O–H groups in total. The van der Waals surface area contributed by atoms with E-state index in [1.165, 1.54) is 0 Å². The number of hydrogen-bond acceptors (Lipinski definition) is 2. The maximum atomic E-state index is 11.3. The molecule has 0 saturated carbocycles. The lowest BCUT2D eigenvalue weighted by atomic mass is 10.5. The molecule has 11 heavy (non-hydrogen) atoms. The number of nitrogens with two attached hydrogens (primary N) is 1. The van der Waals surface area contributed by atoms with Crippen LogP contribution in [0.5, 0.6) is 0 Å². The van der Waals surface area contributed by atoms with Gasteiger partial charge in [-0.1, -0.05) is 0 Å². The van der Waals surface area contributed by atoms with Crippen LogP contribution in [-0.4, -0.2) is 25.2 Å². The van der Waals surface area contributed by atoms with Crippen molar-refractivity contribution < 1.29 is 18.0 Å². The maximum Gasteiger partial charge on any atom is 0.401 e. The average molecular weight is 193 g/mol. The van der Waals surface area contributed by atoms with E-state index in [1.807, 2.05) is 5.32 Å². The van der Waals surface area contributed by atoms with E-state index in [9.17, 15) is 18.0 Å². The van der Waals surface area contributed by atoms with Gasteiger partial charge in [0.15, 0.2) is 0 Å². The summed E-state index contributed by atoms with van der Waals surface area (Å²) in [7, 11) is 0. The predicted molar refractivity (Wildman–Crippen MR) is 35.4 cm³/mol. The van der Waals surface area contributed by atoms with Crippen LogP contribution < -0.4 is 11.1 Å². The molecule has 0 heterocycles. The van der Waals surface area contributed by atoms with Gasteiger partial charge in [0.25, 0.3) is 0 Å². The molecule has 3 nitrogen and oxygen atoms in total. The van der Waals surface area contributed by atoms with E-state index in [2.05, 4.69) is 5.73 Å². The molecule has 0 unspecified atom stereocenters. The van der Waals surface area contributed by atoms with Crippen LogP contribution in [0, 0.1) is 0 Å². The Hall–Kier alpha value is -0.490. The molecule has 0 atom stereocenters. The van der Waals surface area contributed by atoms with E-state index in [0.29, 0.717) is 0 Å². The summed E-state index contributed by atoms with van der Waals surface area (Å²) in [5.74, 6) is -0.802. The van der Waals surface area contributed by atoms with E-state index in [-0.39, 0.29) is 12.4 Å². The first-order chi connectivity index (χ1) is 4.42. The molecule has 1 amide bonds. The van der Waals surface area contributed by atoms with Crippen molar-refractivity contribution in [3.8, 4) is 0 Å². The number of rotatable bonds is 3. The second kappa shape index (κ2) is 5.20. The van der Waals surface area contributed by atoms with Crippen molar-refractivity contribution >= 4 is 18.3 Å². The van der Waals surface area contributed by atoms with E-state index in [1.54, 1.807) is 0 Å². The van der Waals surface area contributed by atoms with Crippen LogP contribution in [0.3, 0.4) is 0 Å². The molecule has 0 saturated heterocycles. The number of alkyl halides is 3. The third-order valence-electron chi connectivity index (χ3n) is 0.625. The van der Waals surface area contributed by atoms with E-state index in [4.69, 9.17) is 0 Å². The van der Waals surface area contributed by atoms with E-state index < -0.39 is 25.2 Å². The molecular weight excluding hydrogens is 185 g/mol. The van der Waals surface area contributed by atoms with E-state index in [0.717, 1.165) is 0 Å². The first-order valence-corrected chi connectivity index (χ1v) is 2.47. The minimum Gasteiger partial charge on any atom is -0.369 e. The van der Waals surface area contributed by atoms with Gasteiger partial charge in [-0.25, -0.2) is 0 Å². The largest absolute Gasteiger partial charge is 0.401 e. The smallest absolute Gasteiger partial charge is 0.369 e. The molecule has 0 fully saturated rings. The second-order valence-electron chi connectivity index (χ2n) is 1.69. The number of nitrogens with one attached hydrogen (secondary N) is 1. The van der Waals surface area contributed by atoms with Crippen molar-refractivity contribution in [1.82, 2.24) is 5.32 Å². The fraction of sp³-hybridized carbons (Fsp3) is 0.750. The van der Waals surface area contributed by atoms with Crippen LogP contribution in [0.4, 0.5) is 13.2 Å². The van der Waals surface area contributed by atoms with E-state index >= 15 is 0 Å². The molecule has 7 heteroatoms. The zero-order valence-electron chi connectivity index (χ0n) is 5.44. The molecular formula is C4H8ClF3N2O. The molecule has 0 aromatic carbocycles. The SMILES string of the molecule is Cl.NC(=O)CNCC(F)(F)F. The Bertz CT molecular complexity index is 127. The van der Waals surface area contributed by atoms with Crippen LogP contribution in [0.25, 0.3) is 0 Å². The highest BCUT2D eigenvalue weighted by molar-refractivity contribution is 5.85. The van der Waals surface area contributed by atoms with Crippen molar-refractivity contribution in [2.75, 3.05) is 13.1 Å². The molecule has 0 rings (SSSR count). The zero-order valence-corrected chi connectivity index (χ0v) is 6.26. The summed E-state index contributed by atoms with van der Waals surface area (Å²) in [4.78, 5) is 9.88. The lowest BCUT2D eigenvalue weighted by molar-refractivity contribution is -0.127. The monoisotopic (exact) mass is 192 g/mol. The van der Waals surface area contributed by atoms with Crippen molar-refractivity contribution in [3.05, 3.63) is 0 Å². The molecule has 0 bridgehead atoms. The zero-order chi connectivity index (χ0) is 8.20. The van der Waals surface area contributed by atoms with Gasteiger partial charge in [0.1, 0.15) is 0 Å². The summed E-state index contributed by atoms with van der Waals surface area (Å²) in [5.41, 5.74) is 4.55. The average Bonchev–Trinajstić information content (AvgIpc) is 1.59. The molecule has 0 aliphatic carbocycles. The molecule has 0 radical (unpaired) electrons. The summed E-state index contributed by atoms with van der Waals surface area (Å²) in [6.07, 6.45) is -4.28. The van der Waals surface area contributed by atoms with Crippen LogP contribution in [0.1, 0.15) is 0 Å². The Morgan fingerprint density at radius 1 is 1.45 bits per heavy atom. The lowest BCUT2D eigenvalue weighted by Crippen LogP contribution is -2.35. The van der Waals surface area contributed by atoms with Gasteiger partial charge in [-0.3, -0.25) is 4.79 Å². The number of amides is 1. The van der Waals surface area contributed by atoms with Gasteiger partial charge >= 0.3 is 6.18 Å². The fourth-order valence-electron chi connectivity index (χ4n) is 0.327. The first kappa shape index (κ1) is 13.1. The fourth-order valence-corrected chi connectivity index (χ4v) is 0.327. The van der Waals surface area contributed by atoms with Gasteiger partial charge in [0.2, 0.25) is 5.91 Å². The van der Waals surface area contributed by atoms with Gasteiger partial charge in [0, 0.05) is 0 Å². The number of carbonyl (C=O) groups is 1. The molecule has 0 aliphatic heterocycles. The maximum absolute atomic E-state index is 11.3. The summed E-state index contributed by atoms with van der Waals surface area (Å²) in [6, 6.07) is 0. The summed E-state index contributed by atoms with van der Waals surface area (Å²) < 4.78 is 33.9. The number of carbonyl (C=O) groups excluding carboxylic acids is 1. The number of primary amides is 1. The van der Waals surface area contributed by atoms with Crippen LogP contribution >= 0.6 is 12.4 Å². The molecule has 68 valence electrons. The van der Waals surface area contributed by atoms with Gasteiger partial charge in [-0.15, -0.1) is 12.4 Å².